The molecule has 0 spiro atoms. The van der Waals surface area contributed by atoms with Gasteiger partial charge in [0.2, 0.25) is 0 Å². The molecule has 3 heterocycles. The monoisotopic (exact) mass is 335 g/mol. The van der Waals surface area contributed by atoms with Crippen LogP contribution in [0.1, 0.15) is 28.2 Å². The minimum atomic E-state index is -0.125. The molecule has 22 heavy (non-hydrogen) atoms. The average Bonchev–Trinajstić information content (AvgIpc) is 3.01. The fourth-order valence-electron chi connectivity index (χ4n) is 2.71. The van der Waals surface area contributed by atoms with Crippen molar-refractivity contribution < 1.29 is 4.79 Å². The van der Waals surface area contributed by atoms with Gasteiger partial charge in [-0.2, -0.15) is 0 Å². The van der Waals surface area contributed by atoms with Crippen LogP contribution in [-0.4, -0.2) is 34.9 Å². The van der Waals surface area contributed by atoms with Gasteiger partial charge in [-0.1, -0.05) is 17.7 Å². The summed E-state index contributed by atoms with van der Waals surface area (Å²) in [5, 5.41) is 5.72. The van der Waals surface area contributed by atoms with E-state index in [-0.39, 0.29) is 11.9 Å². The number of carbonyl (C=O) groups excluding carboxylic acids is 1. The van der Waals surface area contributed by atoms with Crippen molar-refractivity contribution in [1.82, 2.24) is 15.2 Å². The number of aromatic nitrogens is 1. The number of rotatable bonds is 4. The van der Waals surface area contributed by atoms with Crippen LogP contribution in [0.15, 0.2) is 35.8 Å². The van der Waals surface area contributed by atoms with E-state index in [0.717, 1.165) is 32.5 Å². The molecule has 1 fully saturated rings. The van der Waals surface area contributed by atoms with E-state index in [2.05, 4.69) is 32.7 Å². The normalized spacial score (nSPS) is 19.0. The molecule has 1 aliphatic heterocycles. The summed E-state index contributed by atoms with van der Waals surface area (Å²) in [6, 6.07) is 7.76. The SMILES string of the molecule is O=C(NC1CCCN(Cc2cccs2)C1)c1ccc(Cl)cn1. The molecule has 0 aliphatic carbocycles. The number of pyridine rings is 1. The Labute approximate surface area is 139 Å². The van der Waals surface area contributed by atoms with Gasteiger partial charge in [0.25, 0.3) is 5.91 Å². The highest BCUT2D eigenvalue weighted by Gasteiger charge is 2.22. The molecule has 1 atom stereocenters. The summed E-state index contributed by atoms with van der Waals surface area (Å²) in [7, 11) is 0. The number of halogens is 1. The number of piperidine rings is 1. The van der Waals surface area contributed by atoms with Gasteiger partial charge in [0.15, 0.2) is 0 Å². The third-order valence-electron chi connectivity index (χ3n) is 3.76. The molecular formula is C16H18ClN3OS. The summed E-state index contributed by atoms with van der Waals surface area (Å²) >= 11 is 7.57. The number of carbonyl (C=O) groups is 1. The Bertz CT molecular complexity index is 615. The first-order valence-corrected chi connectivity index (χ1v) is 8.63. The number of nitrogens with one attached hydrogen (secondary N) is 1. The van der Waals surface area contributed by atoms with Gasteiger partial charge in [0.05, 0.1) is 5.02 Å². The Kier molecular flexibility index (Phi) is 5.08. The molecule has 1 aliphatic rings. The number of amides is 1. The molecule has 1 saturated heterocycles. The van der Waals surface area contributed by atoms with Crippen molar-refractivity contribution in [3.63, 3.8) is 0 Å². The van der Waals surface area contributed by atoms with E-state index in [1.165, 1.54) is 11.1 Å². The zero-order chi connectivity index (χ0) is 15.4. The summed E-state index contributed by atoms with van der Waals surface area (Å²) in [4.78, 5) is 20.0. The summed E-state index contributed by atoms with van der Waals surface area (Å²) < 4.78 is 0. The number of likely N-dealkylation sites (tertiary alicyclic amines) is 1. The first kappa shape index (κ1) is 15.5. The Balaban J connectivity index is 1.55. The van der Waals surface area contributed by atoms with Crippen molar-refractivity contribution in [2.75, 3.05) is 13.1 Å². The molecule has 3 rings (SSSR count). The fraction of sp³-hybridized carbons (Fsp3) is 0.375. The Morgan fingerprint density at radius 2 is 2.36 bits per heavy atom. The van der Waals surface area contributed by atoms with Gasteiger partial charge in [-0.05, 0) is 43.0 Å². The lowest BCUT2D eigenvalue weighted by Crippen LogP contribution is -2.47. The Morgan fingerprint density at radius 1 is 1.45 bits per heavy atom. The van der Waals surface area contributed by atoms with Gasteiger partial charge >= 0.3 is 0 Å². The molecule has 2 aromatic heterocycles. The molecule has 0 saturated carbocycles. The van der Waals surface area contributed by atoms with Gasteiger partial charge in [0.1, 0.15) is 5.69 Å². The van der Waals surface area contributed by atoms with Crippen LogP contribution in [0.3, 0.4) is 0 Å². The molecular weight excluding hydrogens is 318 g/mol. The lowest BCUT2D eigenvalue weighted by Gasteiger charge is -2.32. The van der Waals surface area contributed by atoms with E-state index in [1.54, 1.807) is 23.5 Å². The second kappa shape index (κ2) is 7.22. The largest absolute Gasteiger partial charge is 0.347 e. The van der Waals surface area contributed by atoms with Crippen LogP contribution in [0.25, 0.3) is 0 Å². The van der Waals surface area contributed by atoms with Gasteiger partial charge in [-0.25, -0.2) is 4.98 Å². The number of hydrogen-bond acceptors (Lipinski definition) is 4. The molecule has 1 unspecified atom stereocenters. The van der Waals surface area contributed by atoms with Crippen LogP contribution >= 0.6 is 22.9 Å². The van der Waals surface area contributed by atoms with E-state index in [4.69, 9.17) is 11.6 Å². The predicted octanol–water partition coefficient (Wildman–Crippen LogP) is 3.19. The van der Waals surface area contributed by atoms with Crippen LogP contribution in [0.2, 0.25) is 5.02 Å². The maximum atomic E-state index is 12.2. The number of hydrogen-bond donors (Lipinski definition) is 1. The zero-order valence-corrected chi connectivity index (χ0v) is 13.7. The summed E-state index contributed by atoms with van der Waals surface area (Å²) in [6.07, 6.45) is 3.62. The van der Waals surface area contributed by atoms with Crippen molar-refractivity contribution in [3.8, 4) is 0 Å². The Hall–Kier alpha value is -1.43. The van der Waals surface area contributed by atoms with E-state index in [1.807, 2.05) is 0 Å². The second-order valence-corrected chi connectivity index (χ2v) is 6.96. The smallest absolute Gasteiger partial charge is 0.270 e. The van der Waals surface area contributed by atoms with Crippen molar-refractivity contribution in [1.29, 1.82) is 0 Å². The molecule has 1 N–H and O–H groups in total. The lowest BCUT2D eigenvalue weighted by molar-refractivity contribution is 0.0896. The van der Waals surface area contributed by atoms with Crippen LogP contribution in [0, 0.1) is 0 Å². The van der Waals surface area contributed by atoms with Crippen LogP contribution in [0.5, 0.6) is 0 Å². The second-order valence-electron chi connectivity index (χ2n) is 5.49. The lowest BCUT2D eigenvalue weighted by atomic mass is 10.1. The van der Waals surface area contributed by atoms with Gasteiger partial charge in [-0.3, -0.25) is 9.69 Å². The minimum absolute atomic E-state index is 0.125. The first-order chi connectivity index (χ1) is 10.7. The van der Waals surface area contributed by atoms with Gasteiger partial charge in [0, 0.05) is 30.2 Å². The van der Waals surface area contributed by atoms with Crippen LogP contribution in [0.4, 0.5) is 0 Å². The molecule has 1 amide bonds. The molecule has 0 radical (unpaired) electrons. The maximum Gasteiger partial charge on any atom is 0.270 e. The molecule has 4 nitrogen and oxygen atoms in total. The third-order valence-corrected chi connectivity index (χ3v) is 4.85. The van der Waals surface area contributed by atoms with Crippen molar-refractivity contribution in [3.05, 3.63) is 51.4 Å². The molecule has 0 bridgehead atoms. The van der Waals surface area contributed by atoms with E-state index in [9.17, 15) is 4.79 Å². The van der Waals surface area contributed by atoms with Crippen molar-refractivity contribution in [2.45, 2.75) is 25.4 Å². The molecule has 6 heteroatoms. The third kappa shape index (κ3) is 4.06. The highest BCUT2D eigenvalue weighted by Crippen LogP contribution is 2.17. The van der Waals surface area contributed by atoms with Gasteiger partial charge in [-0.15, -0.1) is 11.3 Å². The van der Waals surface area contributed by atoms with Crippen molar-refractivity contribution in [2.24, 2.45) is 0 Å². The quantitative estimate of drug-likeness (QED) is 0.933. The molecule has 116 valence electrons. The number of thiophene rings is 1. The topological polar surface area (TPSA) is 45.2 Å². The van der Waals surface area contributed by atoms with Gasteiger partial charge < -0.3 is 5.32 Å². The standard InChI is InChI=1S/C16H18ClN3OS/c17-12-5-6-15(18-9-12)16(21)19-13-3-1-7-20(10-13)11-14-4-2-8-22-14/h2,4-6,8-9,13H,1,3,7,10-11H2,(H,19,21). The van der Waals surface area contributed by atoms with Crippen LogP contribution in [-0.2, 0) is 6.54 Å². The first-order valence-electron chi connectivity index (χ1n) is 7.38. The summed E-state index contributed by atoms with van der Waals surface area (Å²) in [6.45, 7) is 2.93. The maximum absolute atomic E-state index is 12.2. The fourth-order valence-corrected chi connectivity index (χ4v) is 3.57. The van der Waals surface area contributed by atoms with E-state index < -0.39 is 0 Å². The predicted molar refractivity (Wildman–Crippen MR) is 89.3 cm³/mol. The van der Waals surface area contributed by atoms with Crippen molar-refractivity contribution >= 4 is 28.8 Å². The summed E-state index contributed by atoms with van der Waals surface area (Å²) in [5.74, 6) is -0.125. The van der Waals surface area contributed by atoms with E-state index >= 15 is 0 Å². The molecule has 0 aromatic carbocycles. The Morgan fingerprint density at radius 3 is 3.09 bits per heavy atom. The molecule has 2 aromatic rings. The highest BCUT2D eigenvalue weighted by molar-refractivity contribution is 7.09. The van der Waals surface area contributed by atoms with E-state index in [0.29, 0.717) is 10.7 Å². The van der Waals surface area contributed by atoms with Crippen LogP contribution < -0.4 is 5.32 Å². The minimum Gasteiger partial charge on any atom is -0.347 e. The summed E-state index contributed by atoms with van der Waals surface area (Å²) in [5.41, 5.74) is 0.416. The zero-order valence-electron chi connectivity index (χ0n) is 12.2. The highest BCUT2D eigenvalue weighted by atomic mass is 35.5. The average molecular weight is 336 g/mol. The number of nitrogens with zero attached hydrogens (tertiary/aromatic N) is 2.